The number of hydrogen-bond acceptors (Lipinski definition) is 5. The number of aliphatic hydroxyl groups excluding tert-OH is 1. The molecule has 2 rings (SSSR count). The topological polar surface area (TPSA) is 87.2 Å². The Hall–Kier alpha value is -1.40. The summed E-state index contributed by atoms with van der Waals surface area (Å²) in [5.41, 5.74) is -0.640. The molecule has 0 spiro atoms. The standard InChI is InChI=1S/C14H23N3O3/c1-4-5-6-7-15-11-10-9(8-16-17-13(10)19)20-14(2,3)12(11)18/h8,11-12,15,18H,4-7H2,1-3H3,(H,17,19)/t11-,12+/m0/s1. The first-order chi connectivity index (χ1) is 9.47. The third kappa shape index (κ3) is 2.86. The van der Waals surface area contributed by atoms with E-state index in [0.29, 0.717) is 11.3 Å². The minimum absolute atomic E-state index is 0.315. The lowest BCUT2D eigenvalue weighted by Gasteiger charge is -2.41. The normalized spacial score (nSPS) is 24.0. The Morgan fingerprint density at radius 3 is 2.95 bits per heavy atom. The number of ether oxygens (including phenoxy) is 1. The summed E-state index contributed by atoms with van der Waals surface area (Å²) >= 11 is 0. The summed E-state index contributed by atoms with van der Waals surface area (Å²) in [7, 11) is 0. The van der Waals surface area contributed by atoms with Crippen molar-refractivity contribution in [2.45, 2.75) is 57.8 Å². The van der Waals surface area contributed by atoms with Gasteiger partial charge in [0.2, 0.25) is 0 Å². The van der Waals surface area contributed by atoms with Gasteiger partial charge in [0.1, 0.15) is 11.7 Å². The number of aromatic amines is 1. The highest BCUT2D eigenvalue weighted by atomic mass is 16.5. The summed E-state index contributed by atoms with van der Waals surface area (Å²) in [6, 6.07) is -0.433. The molecule has 0 aromatic carbocycles. The maximum Gasteiger partial charge on any atom is 0.272 e. The molecule has 1 aromatic rings. The van der Waals surface area contributed by atoms with Crippen molar-refractivity contribution in [2.24, 2.45) is 0 Å². The number of nitrogens with zero attached hydrogens (tertiary/aromatic N) is 1. The van der Waals surface area contributed by atoms with Crippen molar-refractivity contribution >= 4 is 0 Å². The fraction of sp³-hybridized carbons (Fsp3) is 0.714. The highest BCUT2D eigenvalue weighted by Gasteiger charge is 2.44. The van der Waals surface area contributed by atoms with Crippen LogP contribution in [0.1, 0.15) is 51.6 Å². The molecule has 1 aromatic heterocycles. The van der Waals surface area contributed by atoms with Crippen LogP contribution in [0.4, 0.5) is 0 Å². The first-order valence-corrected chi connectivity index (χ1v) is 7.15. The summed E-state index contributed by atoms with van der Waals surface area (Å²) in [6.07, 6.45) is 3.96. The number of nitrogens with one attached hydrogen (secondary N) is 2. The lowest BCUT2D eigenvalue weighted by atomic mass is 9.87. The zero-order valence-corrected chi connectivity index (χ0v) is 12.3. The molecule has 6 nitrogen and oxygen atoms in total. The van der Waals surface area contributed by atoms with E-state index in [2.05, 4.69) is 22.4 Å². The van der Waals surface area contributed by atoms with Crippen molar-refractivity contribution in [1.29, 1.82) is 0 Å². The molecule has 2 heterocycles. The van der Waals surface area contributed by atoms with Crippen LogP contribution in [0.2, 0.25) is 0 Å². The van der Waals surface area contributed by atoms with Gasteiger partial charge in [-0.1, -0.05) is 19.8 Å². The molecule has 0 bridgehead atoms. The van der Waals surface area contributed by atoms with Crippen LogP contribution in [-0.4, -0.2) is 33.6 Å². The third-order valence-corrected chi connectivity index (χ3v) is 3.71. The van der Waals surface area contributed by atoms with Crippen LogP contribution in [0.25, 0.3) is 0 Å². The average Bonchev–Trinajstić information content (AvgIpc) is 2.38. The molecule has 6 heteroatoms. The minimum Gasteiger partial charge on any atom is -0.483 e. The van der Waals surface area contributed by atoms with Gasteiger partial charge in [0.25, 0.3) is 5.56 Å². The van der Waals surface area contributed by atoms with Crippen molar-refractivity contribution in [3.8, 4) is 5.75 Å². The van der Waals surface area contributed by atoms with Gasteiger partial charge >= 0.3 is 0 Å². The van der Waals surface area contributed by atoms with E-state index in [4.69, 9.17) is 4.74 Å². The number of rotatable bonds is 5. The van der Waals surface area contributed by atoms with Gasteiger partial charge in [0.15, 0.2) is 5.75 Å². The Labute approximate surface area is 118 Å². The summed E-state index contributed by atoms with van der Waals surface area (Å²) < 4.78 is 5.70. The number of fused-ring (bicyclic) bond motifs is 1. The van der Waals surface area contributed by atoms with E-state index < -0.39 is 17.7 Å². The fourth-order valence-corrected chi connectivity index (χ4v) is 2.52. The second kappa shape index (κ2) is 5.93. The van der Waals surface area contributed by atoms with Crippen LogP contribution in [0, 0.1) is 0 Å². The van der Waals surface area contributed by atoms with Gasteiger partial charge in [-0.2, -0.15) is 5.10 Å². The highest BCUT2D eigenvalue weighted by Crippen LogP contribution is 2.37. The van der Waals surface area contributed by atoms with E-state index >= 15 is 0 Å². The van der Waals surface area contributed by atoms with Crippen LogP contribution in [0.15, 0.2) is 11.0 Å². The quantitative estimate of drug-likeness (QED) is 0.704. The largest absolute Gasteiger partial charge is 0.483 e. The molecule has 0 radical (unpaired) electrons. The number of hydrogen-bond donors (Lipinski definition) is 3. The van der Waals surface area contributed by atoms with Crippen molar-refractivity contribution in [3.05, 3.63) is 22.1 Å². The van der Waals surface area contributed by atoms with Crippen molar-refractivity contribution in [1.82, 2.24) is 15.5 Å². The molecule has 1 aliphatic rings. The maximum atomic E-state index is 12.0. The Morgan fingerprint density at radius 2 is 2.25 bits per heavy atom. The molecule has 0 amide bonds. The fourth-order valence-electron chi connectivity index (χ4n) is 2.52. The first kappa shape index (κ1) is 15.0. The van der Waals surface area contributed by atoms with Gasteiger partial charge in [0, 0.05) is 0 Å². The van der Waals surface area contributed by atoms with Gasteiger partial charge < -0.3 is 15.2 Å². The number of unbranched alkanes of at least 4 members (excludes halogenated alkanes) is 2. The minimum atomic E-state index is -0.792. The van der Waals surface area contributed by atoms with Crippen LogP contribution in [-0.2, 0) is 0 Å². The van der Waals surface area contributed by atoms with E-state index in [1.54, 1.807) is 0 Å². The Morgan fingerprint density at radius 1 is 1.50 bits per heavy atom. The van der Waals surface area contributed by atoms with E-state index in [1.165, 1.54) is 6.20 Å². The van der Waals surface area contributed by atoms with Crippen LogP contribution in [0.5, 0.6) is 5.75 Å². The van der Waals surface area contributed by atoms with Crippen molar-refractivity contribution < 1.29 is 9.84 Å². The molecular weight excluding hydrogens is 258 g/mol. The van der Waals surface area contributed by atoms with Gasteiger partial charge in [0.05, 0.1) is 17.8 Å². The van der Waals surface area contributed by atoms with E-state index in [9.17, 15) is 9.90 Å². The predicted octanol–water partition coefficient (Wildman–Crippen LogP) is 1.12. The SMILES string of the molecule is CCCCCN[C@H]1c2c(cn[nH]c2=O)OC(C)(C)[C@@H]1O. The average molecular weight is 281 g/mol. The van der Waals surface area contributed by atoms with Gasteiger partial charge in [-0.15, -0.1) is 0 Å². The maximum absolute atomic E-state index is 12.0. The second-order valence-corrected chi connectivity index (χ2v) is 5.77. The molecule has 20 heavy (non-hydrogen) atoms. The number of aliphatic hydroxyl groups is 1. The Kier molecular flexibility index (Phi) is 4.45. The van der Waals surface area contributed by atoms with Gasteiger partial charge in [-0.25, -0.2) is 5.10 Å². The zero-order valence-electron chi connectivity index (χ0n) is 12.3. The molecule has 0 fully saturated rings. The molecule has 1 aliphatic heterocycles. The van der Waals surface area contributed by atoms with Crippen molar-refractivity contribution in [2.75, 3.05) is 6.54 Å². The molecular formula is C14H23N3O3. The zero-order chi connectivity index (χ0) is 14.8. The third-order valence-electron chi connectivity index (χ3n) is 3.71. The van der Waals surface area contributed by atoms with E-state index in [0.717, 1.165) is 25.8 Å². The molecule has 2 atom stereocenters. The summed E-state index contributed by atoms with van der Waals surface area (Å²) in [4.78, 5) is 12.0. The second-order valence-electron chi connectivity index (χ2n) is 5.77. The summed E-state index contributed by atoms with van der Waals surface area (Å²) in [5, 5.41) is 19.9. The smallest absolute Gasteiger partial charge is 0.272 e. The lowest BCUT2D eigenvalue weighted by Crippen LogP contribution is -2.54. The summed E-state index contributed by atoms with van der Waals surface area (Å²) in [6.45, 7) is 6.51. The Balaban J connectivity index is 2.26. The monoisotopic (exact) mass is 281 g/mol. The predicted molar refractivity (Wildman–Crippen MR) is 75.8 cm³/mol. The lowest BCUT2D eigenvalue weighted by molar-refractivity contribution is -0.0654. The number of H-pyrrole nitrogens is 1. The van der Waals surface area contributed by atoms with E-state index in [-0.39, 0.29) is 5.56 Å². The molecule has 112 valence electrons. The Bertz CT molecular complexity index is 513. The highest BCUT2D eigenvalue weighted by molar-refractivity contribution is 5.36. The van der Waals surface area contributed by atoms with Gasteiger partial charge in [-0.3, -0.25) is 4.79 Å². The molecule has 0 aliphatic carbocycles. The number of aromatic nitrogens is 2. The van der Waals surface area contributed by atoms with Crippen molar-refractivity contribution in [3.63, 3.8) is 0 Å². The molecule has 0 saturated heterocycles. The van der Waals surface area contributed by atoms with E-state index in [1.807, 2.05) is 13.8 Å². The van der Waals surface area contributed by atoms with Crippen LogP contribution < -0.4 is 15.6 Å². The van der Waals surface area contributed by atoms with Crippen LogP contribution >= 0.6 is 0 Å². The van der Waals surface area contributed by atoms with Gasteiger partial charge in [-0.05, 0) is 26.8 Å². The first-order valence-electron chi connectivity index (χ1n) is 7.15. The van der Waals surface area contributed by atoms with Crippen LogP contribution in [0.3, 0.4) is 0 Å². The summed E-state index contributed by atoms with van der Waals surface area (Å²) in [5.74, 6) is 0.442. The molecule has 3 N–H and O–H groups in total. The molecule has 0 unspecified atom stereocenters. The molecule has 0 saturated carbocycles.